The summed E-state index contributed by atoms with van der Waals surface area (Å²) in [6.45, 7) is -0.716. The zero-order valence-corrected chi connectivity index (χ0v) is 20.2. The van der Waals surface area contributed by atoms with Gasteiger partial charge in [0, 0.05) is 19.2 Å². The Morgan fingerprint density at radius 1 is 1.27 bits per heavy atom. The summed E-state index contributed by atoms with van der Waals surface area (Å²) in [4.78, 5) is 35.9. The predicted octanol–water partition coefficient (Wildman–Crippen LogP) is 1.64. The minimum absolute atomic E-state index is 0.150. The van der Waals surface area contributed by atoms with Crippen LogP contribution in [-0.2, 0) is 18.4 Å². The molecule has 0 amide bonds. The minimum Gasteiger partial charge on any atom is -0.386 e. The van der Waals surface area contributed by atoms with Crippen LogP contribution in [0.25, 0.3) is 11.0 Å². The molecule has 0 aromatic carbocycles. The van der Waals surface area contributed by atoms with E-state index in [4.69, 9.17) is 30.6 Å². The molecule has 0 spiro atoms. The van der Waals surface area contributed by atoms with Crippen LogP contribution >= 0.6 is 26.8 Å². The SMILES string of the molecule is CO[C@H](COP(=O)(O)CP(=O)(O)O)[C@@H](O)[C@@H](O)n1cnc2c(NC3CCCC3)nc(Cl)cc21. The Bertz CT molecular complexity index is 1060. The monoisotopic (exact) mass is 528 g/mol. The Labute approximate surface area is 194 Å². The lowest BCUT2D eigenvalue weighted by Gasteiger charge is -2.27. The van der Waals surface area contributed by atoms with Gasteiger partial charge >= 0.3 is 15.2 Å². The first-order chi connectivity index (χ1) is 15.4. The predicted molar refractivity (Wildman–Crippen MR) is 119 cm³/mol. The normalized spacial score (nSPS) is 20.0. The van der Waals surface area contributed by atoms with Crippen molar-refractivity contribution < 1.29 is 43.3 Å². The van der Waals surface area contributed by atoms with Crippen LogP contribution in [0.2, 0.25) is 5.15 Å². The van der Waals surface area contributed by atoms with E-state index >= 15 is 0 Å². The van der Waals surface area contributed by atoms with Crippen molar-refractivity contribution in [2.75, 3.05) is 24.9 Å². The van der Waals surface area contributed by atoms with Gasteiger partial charge in [-0.05, 0) is 12.8 Å². The molecule has 1 aliphatic rings. The van der Waals surface area contributed by atoms with Crippen molar-refractivity contribution in [1.82, 2.24) is 14.5 Å². The van der Waals surface area contributed by atoms with Crippen molar-refractivity contribution in [2.45, 2.75) is 50.2 Å². The summed E-state index contributed by atoms with van der Waals surface area (Å²) in [6, 6.07) is 1.71. The van der Waals surface area contributed by atoms with Gasteiger partial charge in [-0.3, -0.25) is 9.13 Å². The van der Waals surface area contributed by atoms with E-state index in [-0.39, 0.29) is 11.2 Å². The number of halogens is 1. The molecule has 1 saturated carbocycles. The molecule has 2 heterocycles. The van der Waals surface area contributed by atoms with E-state index in [2.05, 4.69) is 15.3 Å². The number of hydrogen-bond acceptors (Lipinski definition) is 9. The van der Waals surface area contributed by atoms with Crippen LogP contribution in [0.15, 0.2) is 12.4 Å². The average Bonchev–Trinajstić information content (AvgIpc) is 3.35. The summed E-state index contributed by atoms with van der Waals surface area (Å²) >= 11 is 6.16. The van der Waals surface area contributed by atoms with Gasteiger partial charge in [0.2, 0.25) is 0 Å². The summed E-state index contributed by atoms with van der Waals surface area (Å²) in [6.07, 6.45) is 0.875. The third kappa shape index (κ3) is 6.95. The zero-order chi connectivity index (χ0) is 24.4. The molecule has 0 bridgehead atoms. The summed E-state index contributed by atoms with van der Waals surface area (Å²) in [5, 5.41) is 24.8. The molecular weight excluding hydrogens is 502 g/mol. The molecule has 2 aromatic rings. The fraction of sp³-hybridized carbons (Fsp3) is 0.647. The zero-order valence-electron chi connectivity index (χ0n) is 17.7. The molecule has 1 unspecified atom stereocenters. The highest BCUT2D eigenvalue weighted by molar-refractivity contribution is 7.70. The number of ether oxygens (including phenoxy) is 1. The number of hydrogen-bond donors (Lipinski definition) is 6. The smallest absolute Gasteiger partial charge is 0.340 e. The van der Waals surface area contributed by atoms with E-state index in [9.17, 15) is 24.2 Å². The number of nitrogens with zero attached hydrogens (tertiary/aromatic N) is 3. The highest BCUT2D eigenvalue weighted by atomic mass is 35.5. The molecule has 0 radical (unpaired) electrons. The Balaban J connectivity index is 1.77. The molecule has 6 N–H and O–H groups in total. The van der Waals surface area contributed by atoms with E-state index < -0.39 is 46.1 Å². The van der Waals surface area contributed by atoms with E-state index in [0.29, 0.717) is 16.9 Å². The molecular formula is C17H27ClN4O9P2. The van der Waals surface area contributed by atoms with Crippen LogP contribution in [0, 0.1) is 0 Å². The van der Waals surface area contributed by atoms with Crippen molar-refractivity contribution in [1.29, 1.82) is 0 Å². The number of fused-ring (bicyclic) bond motifs is 1. The molecule has 16 heteroatoms. The Morgan fingerprint density at radius 3 is 2.55 bits per heavy atom. The van der Waals surface area contributed by atoms with E-state index in [0.717, 1.165) is 25.7 Å². The first-order valence-corrected chi connectivity index (χ1v) is 14.0. The Hall–Kier alpha value is -1.11. The van der Waals surface area contributed by atoms with Crippen molar-refractivity contribution in [3.8, 4) is 0 Å². The maximum atomic E-state index is 11.9. The van der Waals surface area contributed by atoms with Gasteiger partial charge in [-0.1, -0.05) is 24.4 Å². The van der Waals surface area contributed by atoms with Gasteiger partial charge in [-0.2, -0.15) is 0 Å². The van der Waals surface area contributed by atoms with Crippen LogP contribution in [0.4, 0.5) is 5.82 Å². The van der Waals surface area contributed by atoms with Crippen LogP contribution in [-0.4, -0.2) is 77.3 Å². The number of aromatic nitrogens is 3. The number of imidazole rings is 1. The quantitative estimate of drug-likeness (QED) is 0.182. The molecule has 3 rings (SSSR count). The van der Waals surface area contributed by atoms with Crippen molar-refractivity contribution in [2.24, 2.45) is 0 Å². The topological polar surface area (TPSA) is 196 Å². The first kappa shape index (κ1) is 26.5. The van der Waals surface area contributed by atoms with Crippen LogP contribution in [0.5, 0.6) is 0 Å². The molecule has 1 aliphatic carbocycles. The number of aliphatic hydroxyl groups is 2. The van der Waals surface area contributed by atoms with Crippen LogP contribution in [0.3, 0.4) is 0 Å². The summed E-state index contributed by atoms with van der Waals surface area (Å²) in [5.74, 6) is -0.932. The average molecular weight is 529 g/mol. The Morgan fingerprint density at radius 2 is 1.94 bits per heavy atom. The minimum atomic E-state index is -4.81. The first-order valence-electron chi connectivity index (χ1n) is 10.1. The number of rotatable bonds is 11. The second kappa shape index (κ2) is 10.7. The third-order valence-corrected chi connectivity index (χ3v) is 8.95. The fourth-order valence-electron chi connectivity index (χ4n) is 3.70. The molecule has 0 aliphatic heterocycles. The third-order valence-electron chi connectivity index (χ3n) is 5.30. The van der Waals surface area contributed by atoms with Crippen molar-refractivity contribution >= 4 is 43.6 Å². The van der Waals surface area contributed by atoms with Gasteiger partial charge in [0.05, 0.1) is 18.5 Å². The van der Waals surface area contributed by atoms with Gasteiger partial charge in [-0.15, -0.1) is 0 Å². The molecule has 33 heavy (non-hydrogen) atoms. The number of nitrogens with one attached hydrogen (secondary N) is 1. The maximum absolute atomic E-state index is 11.9. The lowest BCUT2D eigenvalue weighted by Crippen LogP contribution is -2.39. The molecule has 186 valence electrons. The number of methoxy groups -OCH3 is 1. The molecule has 2 aromatic heterocycles. The standard InChI is InChI=1S/C17H27ClN4O9P2/c1-30-12(7-31-33(28,29)9-32(25,26)27)15(23)17(24)22-8-19-14-11(22)6-13(18)21-16(14)20-10-4-2-3-5-10/h6,8,10,12,15,17,23-24H,2-5,7,9H2,1H3,(H,20,21)(H,28,29)(H2,25,26,27)/t12-,15-,17-/m1/s1. The number of pyridine rings is 1. The molecule has 1 fully saturated rings. The second-order valence-corrected chi connectivity index (χ2v) is 12.2. The van der Waals surface area contributed by atoms with E-state index in [1.54, 1.807) is 0 Å². The fourth-order valence-corrected chi connectivity index (χ4v) is 6.46. The highest BCUT2D eigenvalue weighted by Crippen LogP contribution is 2.55. The van der Waals surface area contributed by atoms with Crippen LogP contribution in [0.1, 0.15) is 31.9 Å². The van der Waals surface area contributed by atoms with Gasteiger partial charge in [0.1, 0.15) is 22.9 Å². The van der Waals surface area contributed by atoms with Gasteiger partial charge in [0.25, 0.3) is 0 Å². The summed E-state index contributed by atoms with van der Waals surface area (Å²) < 4.78 is 33.8. The van der Waals surface area contributed by atoms with E-state index in [1.807, 2.05) is 0 Å². The second-order valence-electron chi connectivity index (χ2n) is 7.86. The van der Waals surface area contributed by atoms with Crippen molar-refractivity contribution in [3.05, 3.63) is 17.5 Å². The summed E-state index contributed by atoms with van der Waals surface area (Å²) in [7, 11) is -8.31. The van der Waals surface area contributed by atoms with Gasteiger partial charge < -0.3 is 44.0 Å². The lowest BCUT2D eigenvalue weighted by atomic mass is 10.2. The Kier molecular flexibility index (Phi) is 8.56. The maximum Gasteiger partial charge on any atom is 0.340 e. The van der Waals surface area contributed by atoms with Crippen molar-refractivity contribution in [3.63, 3.8) is 0 Å². The van der Waals surface area contributed by atoms with Gasteiger partial charge in [0.15, 0.2) is 17.9 Å². The molecule has 13 nitrogen and oxygen atoms in total. The summed E-state index contributed by atoms with van der Waals surface area (Å²) in [5.41, 5.74) is 0.816. The van der Waals surface area contributed by atoms with E-state index in [1.165, 1.54) is 24.1 Å². The largest absolute Gasteiger partial charge is 0.386 e. The van der Waals surface area contributed by atoms with Crippen LogP contribution < -0.4 is 5.32 Å². The van der Waals surface area contributed by atoms with Gasteiger partial charge in [-0.25, -0.2) is 9.97 Å². The molecule has 0 saturated heterocycles. The number of anilines is 1. The highest BCUT2D eigenvalue weighted by Gasteiger charge is 2.35. The lowest BCUT2D eigenvalue weighted by molar-refractivity contribution is -0.113. The molecule has 4 atom stereocenters. The number of aliphatic hydroxyl groups excluding tert-OH is 2.